The fourth-order valence-electron chi connectivity index (χ4n) is 4.30. The van der Waals surface area contributed by atoms with Crippen LogP contribution in [-0.2, 0) is 23.3 Å². The van der Waals surface area contributed by atoms with Crippen molar-refractivity contribution in [2.75, 3.05) is 20.2 Å². The van der Waals surface area contributed by atoms with Crippen LogP contribution in [0.4, 0.5) is 4.39 Å². The number of hydrogen-bond donors (Lipinski definition) is 1. The lowest BCUT2D eigenvalue weighted by atomic mass is 9.98. The number of ether oxygens (including phenoxy) is 1. The number of benzene rings is 2. The number of carbonyl (C=O) groups excluding carboxylic acids is 1. The fourth-order valence-corrected chi connectivity index (χ4v) is 4.30. The Bertz CT molecular complexity index is 1090. The topological polar surface area (TPSA) is 73.4 Å². The molecule has 6 nitrogen and oxygen atoms in total. The molecule has 31 heavy (non-hydrogen) atoms. The SMILES string of the molecule is COc1ccc(Cc2c(-c3ccc(F)cc3)nc3n2CCN(C(=O)CN)C3(C)C)cc1. The van der Waals surface area contributed by atoms with Crippen LogP contribution in [-0.4, -0.2) is 40.6 Å². The van der Waals surface area contributed by atoms with Crippen molar-refractivity contribution in [3.63, 3.8) is 0 Å². The predicted octanol–water partition coefficient (Wildman–Crippen LogP) is 3.32. The van der Waals surface area contributed by atoms with Gasteiger partial charge < -0.3 is 19.9 Å². The first-order chi connectivity index (χ1) is 14.8. The Balaban J connectivity index is 1.83. The van der Waals surface area contributed by atoms with Crippen LogP contribution in [0.1, 0.15) is 30.9 Å². The second-order valence-electron chi connectivity index (χ2n) is 8.22. The van der Waals surface area contributed by atoms with Gasteiger partial charge in [0.2, 0.25) is 5.91 Å². The molecule has 3 aromatic rings. The second kappa shape index (κ2) is 8.15. The van der Waals surface area contributed by atoms with E-state index >= 15 is 0 Å². The van der Waals surface area contributed by atoms with E-state index in [1.807, 2.05) is 38.1 Å². The van der Waals surface area contributed by atoms with Crippen molar-refractivity contribution in [1.82, 2.24) is 14.5 Å². The van der Waals surface area contributed by atoms with E-state index in [4.69, 9.17) is 15.5 Å². The number of amides is 1. The van der Waals surface area contributed by atoms with Gasteiger partial charge in [0.15, 0.2) is 0 Å². The summed E-state index contributed by atoms with van der Waals surface area (Å²) in [5, 5.41) is 0. The summed E-state index contributed by atoms with van der Waals surface area (Å²) < 4.78 is 21.0. The Labute approximate surface area is 181 Å². The zero-order valence-electron chi connectivity index (χ0n) is 18.1. The normalized spacial score (nSPS) is 14.9. The van der Waals surface area contributed by atoms with E-state index in [9.17, 15) is 9.18 Å². The molecule has 1 aliphatic rings. The number of aromatic nitrogens is 2. The van der Waals surface area contributed by atoms with Gasteiger partial charge in [-0.3, -0.25) is 4.79 Å². The van der Waals surface area contributed by atoms with Crippen molar-refractivity contribution >= 4 is 5.91 Å². The minimum absolute atomic E-state index is 0.0341. The van der Waals surface area contributed by atoms with Gasteiger partial charge in [-0.25, -0.2) is 9.37 Å². The molecule has 1 aliphatic heterocycles. The van der Waals surface area contributed by atoms with Crippen molar-refractivity contribution in [2.45, 2.75) is 32.4 Å². The maximum atomic E-state index is 13.6. The average Bonchev–Trinajstić information content (AvgIpc) is 3.14. The van der Waals surface area contributed by atoms with Crippen LogP contribution in [0.25, 0.3) is 11.3 Å². The third kappa shape index (κ3) is 3.81. The third-order valence-electron chi connectivity index (χ3n) is 5.97. The molecule has 2 N–H and O–H groups in total. The van der Waals surface area contributed by atoms with E-state index in [1.165, 1.54) is 12.1 Å². The maximum absolute atomic E-state index is 13.6. The summed E-state index contributed by atoms with van der Waals surface area (Å²) in [6, 6.07) is 14.3. The Kier molecular flexibility index (Phi) is 5.54. The predicted molar refractivity (Wildman–Crippen MR) is 117 cm³/mol. The Hall–Kier alpha value is -3.19. The van der Waals surface area contributed by atoms with Crippen LogP contribution in [0.5, 0.6) is 5.75 Å². The largest absolute Gasteiger partial charge is 0.497 e. The second-order valence-corrected chi connectivity index (χ2v) is 8.22. The van der Waals surface area contributed by atoms with E-state index < -0.39 is 5.54 Å². The van der Waals surface area contributed by atoms with E-state index in [0.717, 1.165) is 34.1 Å². The molecule has 1 amide bonds. The zero-order chi connectivity index (χ0) is 22.2. The van der Waals surface area contributed by atoms with Gasteiger partial charge in [0.1, 0.15) is 17.4 Å². The Morgan fingerprint density at radius 2 is 1.81 bits per heavy atom. The molecule has 7 heteroatoms. The first-order valence-electron chi connectivity index (χ1n) is 10.3. The van der Waals surface area contributed by atoms with Gasteiger partial charge in [-0.2, -0.15) is 0 Å². The molecule has 0 bridgehead atoms. The highest BCUT2D eigenvalue weighted by Gasteiger charge is 2.40. The summed E-state index contributed by atoms with van der Waals surface area (Å²) in [6.45, 7) is 5.14. The number of carbonyl (C=O) groups is 1. The van der Waals surface area contributed by atoms with Crippen molar-refractivity contribution in [3.05, 3.63) is 71.4 Å². The number of fused-ring (bicyclic) bond motifs is 1. The molecular formula is C24H27FN4O2. The highest BCUT2D eigenvalue weighted by molar-refractivity contribution is 5.79. The molecule has 0 unspecified atom stereocenters. The number of hydrogen-bond acceptors (Lipinski definition) is 4. The van der Waals surface area contributed by atoms with Crippen LogP contribution in [0.3, 0.4) is 0 Å². The minimum atomic E-state index is -0.609. The van der Waals surface area contributed by atoms with Gasteiger partial charge in [0.05, 0.1) is 30.6 Å². The van der Waals surface area contributed by atoms with Crippen molar-refractivity contribution in [2.24, 2.45) is 5.73 Å². The summed E-state index contributed by atoms with van der Waals surface area (Å²) in [7, 11) is 1.64. The summed E-state index contributed by atoms with van der Waals surface area (Å²) in [5.41, 5.74) is 8.85. The van der Waals surface area contributed by atoms with E-state index in [1.54, 1.807) is 24.1 Å². The molecule has 1 aromatic heterocycles. The monoisotopic (exact) mass is 422 g/mol. The lowest BCUT2D eigenvalue weighted by Gasteiger charge is -2.42. The number of nitrogens with zero attached hydrogens (tertiary/aromatic N) is 3. The molecule has 162 valence electrons. The molecule has 0 aliphatic carbocycles. The number of nitrogens with two attached hydrogens (primary N) is 1. The zero-order valence-corrected chi connectivity index (χ0v) is 18.1. The molecule has 0 atom stereocenters. The van der Waals surface area contributed by atoms with Crippen LogP contribution < -0.4 is 10.5 Å². The molecule has 4 rings (SSSR count). The summed E-state index contributed by atoms with van der Waals surface area (Å²) in [6.07, 6.45) is 0.657. The number of methoxy groups -OCH3 is 1. The van der Waals surface area contributed by atoms with Gasteiger partial charge >= 0.3 is 0 Å². The number of rotatable bonds is 5. The standard InChI is InChI=1S/C24H27FN4O2/c1-24(2)23-27-22(17-6-8-18(25)9-7-17)20(14-16-4-10-19(31-3)11-5-16)28(23)12-13-29(24)21(30)15-26/h4-11H,12-15,26H2,1-3H3. The quantitative estimate of drug-likeness (QED) is 0.685. The number of halogens is 1. The molecule has 0 saturated carbocycles. The third-order valence-corrected chi connectivity index (χ3v) is 5.97. The van der Waals surface area contributed by atoms with Gasteiger partial charge in [-0.05, 0) is 55.8 Å². The molecule has 2 heterocycles. The Morgan fingerprint density at radius 3 is 2.42 bits per heavy atom. The fraction of sp³-hybridized carbons (Fsp3) is 0.333. The highest BCUT2D eigenvalue weighted by Crippen LogP contribution is 2.37. The molecule has 0 radical (unpaired) electrons. The lowest BCUT2D eigenvalue weighted by Crippen LogP contribution is -2.53. The van der Waals surface area contributed by atoms with Crippen molar-refractivity contribution < 1.29 is 13.9 Å². The molecule has 2 aromatic carbocycles. The minimum Gasteiger partial charge on any atom is -0.497 e. The molecule has 0 spiro atoms. The molecule has 0 fully saturated rings. The summed E-state index contributed by atoms with van der Waals surface area (Å²) in [4.78, 5) is 19.2. The van der Waals surface area contributed by atoms with E-state index in [2.05, 4.69) is 4.57 Å². The Morgan fingerprint density at radius 1 is 1.13 bits per heavy atom. The number of imidazole rings is 1. The van der Waals surface area contributed by atoms with Gasteiger partial charge in [0, 0.05) is 25.1 Å². The highest BCUT2D eigenvalue weighted by atomic mass is 19.1. The van der Waals surface area contributed by atoms with Gasteiger partial charge in [0.25, 0.3) is 0 Å². The van der Waals surface area contributed by atoms with E-state index in [-0.39, 0.29) is 18.3 Å². The van der Waals surface area contributed by atoms with Gasteiger partial charge in [-0.1, -0.05) is 12.1 Å². The van der Waals surface area contributed by atoms with Crippen LogP contribution in [0.15, 0.2) is 48.5 Å². The summed E-state index contributed by atoms with van der Waals surface area (Å²) >= 11 is 0. The van der Waals surface area contributed by atoms with Crippen LogP contribution >= 0.6 is 0 Å². The van der Waals surface area contributed by atoms with Crippen molar-refractivity contribution in [1.29, 1.82) is 0 Å². The molecule has 0 saturated heterocycles. The van der Waals surface area contributed by atoms with E-state index in [0.29, 0.717) is 19.5 Å². The van der Waals surface area contributed by atoms with Crippen LogP contribution in [0.2, 0.25) is 0 Å². The van der Waals surface area contributed by atoms with Gasteiger partial charge in [-0.15, -0.1) is 0 Å². The first kappa shape index (κ1) is 21.1. The molecular weight excluding hydrogens is 395 g/mol. The lowest BCUT2D eigenvalue weighted by molar-refractivity contribution is -0.137. The summed E-state index contributed by atoms with van der Waals surface area (Å²) in [5.74, 6) is 1.22. The first-order valence-corrected chi connectivity index (χ1v) is 10.3. The maximum Gasteiger partial charge on any atom is 0.237 e. The average molecular weight is 423 g/mol. The van der Waals surface area contributed by atoms with Crippen LogP contribution in [0, 0.1) is 5.82 Å². The van der Waals surface area contributed by atoms with Crippen molar-refractivity contribution in [3.8, 4) is 17.0 Å². The smallest absolute Gasteiger partial charge is 0.237 e.